The van der Waals surface area contributed by atoms with Crippen LogP contribution in [0.25, 0.3) is 0 Å². The van der Waals surface area contributed by atoms with E-state index in [1.54, 1.807) is 0 Å². The highest BCUT2D eigenvalue weighted by Crippen LogP contribution is 2.48. The van der Waals surface area contributed by atoms with Gasteiger partial charge in [-0.1, -0.05) is 213 Å². The molecule has 0 bridgehead atoms. The van der Waals surface area contributed by atoms with Crippen LogP contribution >= 0.6 is 8.60 Å². The highest BCUT2D eigenvalue weighted by Gasteiger charge is 2.31. The van der Waals surface area contributed by atoms with Crippen LogP contribution in [0.15, 0.2) is 84.9 Å². The Morgan fingerprint density at radius 3 is 1.42 bits per heavy atom. The van der Waals surface area contributed by atoms with Crippen LogP contribution in [-0.4, -0.2) is 0 Å². The Bertz CT molecular complexity index is 1700. The Kier molecular flexibility index (Phi) is 18.5. The molecule has 1 radical (unpaired) electrons. The van der Waals surface area contributed by atoms with E-state index in [1.807, 2.05) is 0 Å². The second kappa shape index (κ2) is 22.8. The molecular formula is C53H76O3P. The van der Waals surface area contributed by atoms with Crippen LogP contribution in [0.1, 0.15) is 193 Å². The summed E-state index contributed by atoms with van der Waals surface area (Å²) in [4.78, 5) is 0. The largest absolute Gasteiger partial charge is 0.530 e. The van der Waals surface area contributed by atoms with E-state index in [4.69, 9.17) is 13.6 Å². The van der Waals surface area contributed by atoms with E-state index >= 15 is 0 Å². The average Bonchev–Trinajstić information content (AvgIpc) is 3.17. The summed E-state index contributed by atoms with van der Waals surface area (Å²) in [5, 5.41) is 0. The number of benzene rings is 4. The van der Waals surface area contributed by atoms with E-state index in [-0.39, 0.29) is 16.2 Å². The Balaban J connectivity index is 1.64. The van der Waals surface area contributed by atoms with E-state index in [9.17, 15) is 0 Å². The number of aryl methyl sites for hydroxylation is 2. The summed E-state index contributed by atoms with van der Waals surface area (Å²) in [7, 11) is -1.85. The Labute approximate surface area is 350 Å². The lowest BCUT2D eigenvalue weighted by Gasteiger charge is -2.31. The minimum Gasteiger partial charge on any atom is -0.408 e. The highest BCUT2D eigenvalue weighted by molar-refractivity contribution is 7.43. The van der Waals surface area contributed by atoms with Crippen molar-refractivity contribution in [2.45, 2.75) is 188 Å². The van der Waals surface area contributed by atoms with Gasteiger partial charge in [-0.25, -0.2) is 0 Å². The van der Waals surface area contributed by atoms with Gasteiger partial charge in [-0.05, 0) is 88.6 Å². The van der Waals surface area contributed by atoms with Crippen LogP contribution in [0.3, 0.4) is 0 Å². The highest BCUT2D eigenvalue weighted by atomic mass is 31.2. The first kappa shape index (κ1) is 46.4. The molecule has 0 heterocycles. The van der Waals surface area contributed by atoms with Crippen molar-refractivity contribution in [2.75, 3.05) is 0 Å². The standard InChI is InChI=1S/C53H76O3P/c1-11-13-15-17-19-21-23-30-42-32-25-27-36-48(42)54-57(55-49-37-28-26-33-43(49)31-24-22-20-18-16-14-12-2)56-50-39-38-46(41-47(50)52(6,7)8)53(9,10)45-35-29-34-44(40-45)51(3,4)5/h25-29,32-33,35-41H,11-24,30-31H2,1-10H3. The molecule has 0 aromatic heterocycles. The zero-order valence-electron chi connectivity index (χ0n) is 37.6. The van der Waals surface area contributed by atoms with Crippen molar-refractivity contribution in [3.05, 3.63) is 124 Å². The molecule has 4 rings (SSSR count). The van der Waals surface area contributed by atoms with Gasteiger partial charge in [-0.15, -0.1) is 0 Å². The third-order valence-electron chi connectivity index (χ3n) is 11.4. The van der Waals surface area contributed by atoms with Gasteiger partial charge in [0.15, 0.2) is 0 Å². The van der Waals surface area contributed by atoms with Gasteiger partial charge in [0.25, 0.3) is 0 Å². The molecule has 0 saturated carbocycles. The third kappa shape index (κ3) is 14.8. The van der Waals surface area contributed by atoms with Gasteiger partial charge in [-0.3, -0.25) is 0 Å². The van der Waals surface area contributed by atoms with Gasteiger partial charge < -0.3 is 13.6 Å². The molecule has 4 aromatic rings. The summed E-state index contributed by atoms with van der Waals surface area (Å²) in [5.74, 6) is 2.51. The number of unbranched alkanes of at least 4 members (excludes halogenated alkanes) is 12. The molecule has 0 unspecified atom stereocenters. The fraction of sp³-hybridized carbons (Fsp3) is 0.547. The van der Waals surface area contributed by atoms with Crippen LogP contribution in [0, 0.1) is 6.07 Å². The van der Waals surface area contributed by atoms with Crippen molar-refractivity contribution in [3.63, 3.8) is 0 Å². The summed E-state index contributed by atoms with van der Waals surface area (Å²) in [5.41, 5.74) is 6.93. The normalized spacial score (nSPS) is 12.3. The summed E-state index contributed by atoms with van der Waals surface area (Å²) in [6.45, 7) is 22.8. The van der Waals surface area contributed by atoms with Crippen LogP contribution in [0.4, 0.5) is 0 Å². The maximum Gasteiger partial charge on any atom is 0.530 e. The summed E-state index contributed by atoms with van der Waals surface area (Å²) >= 11 is 0. The lowest BCUT2D eigenvalue weighted by atomic mass is 9.74. The zero-order valence-corrected chi connectivity index (χ0v) is 38.5. The van der Waals surface area contributed by atoms with Gasteiger partial charge in [0.2, 0.25) is 0 Å². The fourth-order valence-electron chi connectivity index (χ4n) is 7.48. The minimum atomic E-state index is -1.85. The predicted octanol–water partition coefficient (Wildman–Crippen LogP) is 16.8. The molecule has 4 heteroatoms. The van der Waals surface area contributed by atoms with E-state index < -0.39 is 8.60 Å². The first-order valence-electron chi connectivity index (χ1n) is 22.4. The second-order valence-corrected chi connectivity index (χ2v) is 19.8. The van der Waals surface area contributed by atoms with Crippen molar-refractivity contribution in [1.82, 2.24) is 0 Å². The molecule has 0 amide bonds. The zero-order chi connectivity index (χ0) is 41.3. The van der Waals surface area contributed by atoms with Crippen LogP contribution in [0.2, 0.25) is 0 Å². The Morgan fingerprint density at radius 1 is 0.474 bits per heavy atom. The Hall–Kier alpha value is -3.29. The maximum atomic E-state index is 7.00. The van der Waals surface area contributed by atoms with Gasteiger partial charge in [0, 0.05) is 11.0 Å². The smallest absolute Gasteiger partial charge is 0.408 e. The van der Waals surface area contributed by atoms with Crippen molar-refractivity contribution in [3.8, 4) is 17.2 Å². The summed E-state index contributed by atoms with van der Waals surface area (Å²) in [6, 6.07) is 33.8. The molecule has 0 spiro atoms. The molecule has 0 N–H and O–H groups in total. The lowest BCUT2D eigenvalue weighted by molar-refractivity contribution is 0.378. The van der Waals surface area contributed by atoms with Gasteiger partial charge >= 0.3 is 8.60 Å². The van der Waals surface area contributed by atoms with E-state index in [0.717, 1.165) is 48.5 Å². The average molecular weight is 792 g/mol. The summed E-state index contributed by atoms with van der Waals surface area (Å²) in [6.07, 6.45) is 19.9. The van der Waals surface area contributed by atoms with Gasteiger partial charge in [0.1, 0.15) is 17.2 Å². The Morgan fingerprint density at radius 2 is 0.930 bits per heavy atom. The van der Waals surface area contributed by atoms with E-state index in [1.165, 1.54) is 105 Å². The third-order valence-corrected chi connectivity index (χ3v) is 12.4. The molecule has 311 valence electrons. The van der Waals surface area contributed by atoms with Gasteiger partial charge in [0.05, 0.1) is 0 Å². The van der Waals surface area contributed by atoms with Crippen LogP contribution in [0.5, 0.6) is 17.2 Å². The van der Waals surface area contributed by atoms with Crippen LogP contribution in [-0.2, 0) is 29.1 Å². The first-order chi connectivity index (χ1) is 27.2. The lowest BCUT2D eigenvalue weighted by Crippen LogP contribution is -2.22. The quantitative estimate of drug-likeness (QED) is 0.0522. The molecule has 4 aromatic carbocycles. The van der Waals surface area contributed by atoms with Crippen LogP contribution < -0.4 is 13.6 Å². The molecule has 0 aliphatic heterocycles. The molecule has 3 nitrogen and oxygen atoms in total. The molecule has 0 saturated heterocycles. The second-order valence-electron chi connectivity index (χ2n) is 18.8. The number of rotatable bonds is 24. The molecule has 57 heavy (non-hydrogen) atoms. The molecular weight excluding hydrogens is 716 g/mol. The van der Waals surface area contributed by atoms with Gasteiger partial charge in [-0.2, -0.15) is 0 Å². The van der Waals surface area contributed by atoms with Crippen molar-refractivity contribution >= 4 is 8.60 Å². The van der Waals surface area contributed by atoms with Crippen molar-refractivity contribution < 1.29 is 13.6 Å². The maximum absolute atomic E-state index is 7.00. The number of hydrogen-bond acceptors (Lipinski definition) is 3. The van der Waals surface area contributed by atoms with Crippen molar-refractivity contribution in [1.29, 1.82) is 0 Å². The van der Waals surface area contributed by atoms with E-state index in [0.29, 0.717) is 0 Å². The SMILES string of the molecule is CCCCCCCCCc1ccccc1OP(Oc1ccccc1CCCCCCCCC)Oc1ccc(C(C)(C)c2cc[c]c(C(C)(C)C)c2)cc1C(C)(C)C. The number of hydrogen-bond donors (Lipinski definition) is 0. The predicted molar refractivity (Wildman–Crippen MR) is 246 cm³/mol. The first-order valence-corrected chi connectivity index (χ1v) is 23.5. The number of para-hydroxylation sites is 2. The molecule has 0 aliphatic carbocycles. The molecule has 0 fully saturated rings. The molecule has 0 atom stereocenters. The minimum absolute atomic E-state index is 0.0251. The monoisotopic (exact) mass is 792 g/mol. The molecule has 0 aliphatic rings. The topological polar surface area (TPSA) is 27.7 Å². The summed E-state index contributed by atoms with van der Waals surface area (Å²) < 4.78 is 20.8. The fourth-order valence-corrected chi connectivity index (χ4v) is 8.59. The van der Waals surface area contributed by atoms with Crippen molar-refractivity contribution in [2.24, 2.45) is 0 Å². The van der Waals surface area contributed by atoms with E-state index in [2.05, 4.69) is 160 Å².